The first kappa shape index (κ1) is 22.0. The van der Waals surface area contributed by atoms with Crippen LogP contribution in [0.4, 0.5) is 0 Å². The van der Waals surface area contributed by atoms with Crippen molar-refractivity contribution < 1.29 is 33.0 Å². The van der Waals surface area contributed by atoms with E-state index in [0.717, 1.165) is 36.4 Å². The van der Waals surface area contributed by atoms with Gasteiger partial charge >= 0.3 is 11.9 Å². The molecule has 0 saturated heterocycles. The van der Waals surface area contributed by atoms with Crippen LogP contribution in [-0.4, -0.2) is 36.4 Å². The average Bonchev–Trinajstić information content (AvgIpc) is 2.68. The van der Waals surface area contributed by atoms with Gasteiger partial charge in [-0.2, -0.15) is 0 Å². The molecule has 0 saturated carbocycles. The molecule has 0 atom stereocenters. The van der Waals surface area contributed by atoms with Crippen LogP contribution in [0.2, 0.25) is 0 Å². The molecule has 1 heterocycles. The van der Waals surface area contributed by atoms with Crippen molar-refractivity contribution in [1.82, 2.24) is 0 Å². The van der Waals surface area contributed by atoms with Crippen LogP contribution in [0.25, 0.3) is 0 Å². The summed E-state index contributed by atoms with van der Waals surface area (Å²) in [6.45, 7) is 8.00. The molecule has 8 heteroatoms. The van der Waals surface area contributed by atoms with Crippen molar-refractivity contribution in [2.45, 2.75) is 37.5 Å². The molecule has 3 rings (SSSR count). The molecule has 1 aliphatic rings. The zero-order valence-electron chi connectivity index (χ0n) is 15.3. The van der Waals surface area contributed by atoms with Crippen molar-refractivity contribution in [2.75, 3.05) is 0 Å². The summed E-state index contributed by atoms with van der Waals surface area (Å²) in [6.07, 6.45) is 0. The maximum Gasteiger partial charge on any atom is 0.335 e. The van der Waals surface area contributed by atoms with Crippen molar-refractivity contribution in [2.24, 2.45) is 0 Å². The first-order chi connectivity index (χ1) is 12.7. The molecule has 0 amide bonds. The van der Waals surface area contributed by atoms with Gasteiger partial charge in [0.1, 0.15) is 0 Å². The monoisotopic (exact) mass is 392 g/mol. The standard InChI is InChI=1S/C15H8O7S.2C2H6/c16-13-9-3-1-7(14(17)18)5-11(9)23(21,22)12-6-8(15(19)20)2-4-10(12)13;2*1-2/h1-6H,(H,17,18)(H,19,20);2*1-2H3. The molecule has 2 aromatic rings. The van der Waals surface area contributed by atoms with E-state index in [9.17, 15) is 22.8 Å². The smallest absolute Gasteiger partial charge is 0.335 e. The summed E-state index contributed by atoms with van der Waals surface area (Å²) in [4.78, 5) is 33.6. The fourth-order valence-electron chi connectivity index (χ4n) is 2.39. The van der Waals surface area contributed by atoms with Crippen LogP contribution in [0.15, 0.2) is 46.2 Å². The van der Waals surface area contributed by atoms with Gasteiger partial charge in [-0.15, -0.1) is 0 Å². The number of carboxylic acids is 2. The summed E-state index contributed by atoms with van der Waals surface area (Å²) in [5.41, 5.74) is -0.827. The third kappa shape index (κ3) is 3.90. The van der Waals surface area contributed by atoms with E-state index >= 15 is 0 Å². The number of sulfone groups is 1. The average molecular weight is 392 g/mol. The van der Waals surface area contributed by atoms with Crippen LogP contribution in [0.1, 0.15) is 64.3 Å². The zero-order chi connectivity index (χ0) is 20.9. The number of hydrogen-bond donors (Lipinski definition) is 2. The van der Waals surface area contributed by atoms with Gasteiger partial charge in [0, 0.05) is 11.1 Å². The van der Waals surface area contributed by atoms with Gasteiger partial charge in [0.25, 0.3) is 0 Å². The van der Waals surface area contributed by atoms with Crippen LogP contribution >= 0.6 is 0 Å². The van der Waals surface area contributed by atoms with Gasteiger partial charge in [0.2, 0.25) is 9.84 Å². The quantitative estimate of drug-likeness (QED) is 0.683. The maximum absolute atomic E-state index is 12.7. The molecule has 0 fully saturated rings. The lowest BCUT2D eigenvalue weighted by Gasteiger charge is -2.19. The molecule has 7 nitrogen and oxygen atoms in total. The summed E-state index contributed by atoms with van der Waals surface area (Å²) in [6, 6.07) is 6.39. The minimum absolute atomic E-state index is 0.134. The third-order valence-electron chi connectivity index (χ3n) is 3.53. The Morgan fingerprint density at radius 1 is 0.741 bits per heavy atom. The van der Waals surface area contributed by atoms with Crippen LogP contribution in [0.3, 0.4) is 0 Å². The fourth-order valence-corrected chi connectivity index (χ4v) is 4.10. The Labute approximate surface area is 157 Å². The topological polar surface area (TPSA) is 126 Å². The van der Waals surface area contributed by atoms with Gasteiger partial charge < -0.3 is 10.2 Å². The van der Waals surface area contributed by atoms with Gasteiger partial charge in [-0.25, -0.2) is 18.0 Å². The first-order valence-corrected chi connectivity index (χ1v) is 9.76. The molecule has 27 heavy (non-hydrogen) atoms. The number of carboxylic acid groups (broad SMARTS) is 2. The highest BCUT2D eigenvalue weighted by Crippen LogP contribution is 2.35. The highest BCUT2D eigenvalue weighted by Gasteiger charge is 2.35. The van der Waals surface area contributed by atoms with Crippen molar-refractivity contribution >= 4 is 27.6 Å². The van der Waals surface area contributed by atoms with Crippen LogP contribution < -0.4 is 0 Å². The Balaban J connectivity index is 0.000000855. The van der Waals surface area contributed by atoms with Crippen LogP contribution in [0, 0.1) is 0 Å². The highest BCUT2D eigenvalue weighted by atomic mass is 32.2. The largest absolute Gasteiger partial charge is 0.478 e. The van der Waals surface area contributed by atoms with Gasteiger partial charge in [-0.05, 0) is 36.4 Å². The predicted octanol–water partition coefficient (Wildman–Crippen LogP) is 3.51. The molecule has 144 valence electrons. The van der Waals surface area contributed by atoms with E-state index in [2.05, 4.69) is 0 Å². The predicted molar refractivity (Wildman–Crippen MR) is 98.4 cm³/mol. The van der Waals surface area contributed by atoms with Gasteiger partial charge in [-0.3, -0.25) is 4.79 Å². The number of benzene rings is 2. The van der Waals surface area contributed by atoms with E-state index in [1.54, 1.807) is 0 Å². The summed E-state index contributed by atoms with van der Waals surface area (Å²) < 4.78 is 25.3. The number of hydrogen-bond acceptors (Lipinski definition) is 5. The SMILES string of the molecule is CC.CC.O=C(O)c1ccc2c(c1)S(=O)(=O)c1cc(C(=O)O)ccc1C2=O. The maximum atomic E-state index is 12.7. The van der Waals surface area contributed by atoms with E-state index in [1.807, 2.05) is 27.7 Å². The number of ketones is 1. The second-order valence-electron chi connectivity index (χ2n) is 4.86. The molecule has 0 unspecified atom stereocenters. The Bertz CT molecular complexity index is 931. The van der Waals surface area contributed by atoms with E-state index < -0.39 is 37.4 Å². The Morgan fingerprint density at radius 2 is 1.07 bits per heavy atom. The fraction of sp³-hybridized carbons (Fsp3) is 0.211. The molecule has 0 aliphatic carbocycles. The van der Waals surface area contributed by atoms with E-state index in [-0.39, 0.29) is 22.3 Å². The van der Waals surface area contributed by atoms with E-state index in [4.69, 9.17) is 10.2 Å². The molecule has 1 aliphatic heterocycles. The Hall–Kier alpha value is -3.00. The summed E-state index contributed by atoms with van der Waals surface area (Å²) in [7, 11) is -4.19. The molecule has 2 aromatic carbocycles. The first-order valence-electron chi connectivity index (χ1n) is 8.28. The summed E-state index contributed by atoms with van der Waals surface area (Å²) in [5, 5.41) is 18.0. The van der Waals surface area contributed by atoms with E-state index in [0.29, 0.717) is 0 Å². The normalized spacial score (nSPS) is 13.0. The third-order valence-corrected chi connectivity index (χ3v) is 5.36. The molecular weight excluding hydrogens is 372 g/mol. The van der Waals surface area contributed by atoms with Gasteiger partial charge in [0.15, 0.2) is 5.78 Å². The summed E-state index contributed by atoms with van der Waals surface area (Å²) in [5.74, 6) is -3.26. The minimum atomic E-state index is -4.19. The van der Waals surface area contributed by atoms with Crippen LogP contribution in [0.5, 0.6) is 0 Å². The van der Waals surface area contributed by atoms with E-state index in [1.165, 1.54) is 0 Å². The van der Waals surface area contributed by atoms with Crippen molar-refractivity contribution in [1.29, 1.82) is 0 Å². The highest BCUT2D eigenvalue weighted by molar-refractivity contribution is 7.91. The van der Waals surface area contributed by atoms with Gasteiger partial charge in [0.05, 0.1) is 20.9 Å². The lowest BCUT2D eigenvalue weighted by Crippen LogP contribution is -2.21. The molecular formula is C19H20O7S. The molecule has 0 radical (unpaired) electrons. The number of carbonyl (C=O) groups is 3. The van der Waals surface area contributed by atoms with Crippen LogP contribution in [-0.2, 0) is 9.84 Å². The molecule has 0 aromatic heterocycles. The molecule has 2 N–H and O–H groups in total. The van der Waals surface area contributed by atoms with Crippen molar-refractivity contribution in [3.63, 3.8) is 0 Å². The Morgan fingerprint density at radius 3 is 1.37 bits per heavy atom. The molecule has 0 bridgehead atoms. The zero-order valence-corrected chi connectivity index (χ0v) is 16.1. The number of carbonyl (C=O) groups excluding carboxylic acids is 1. The Kier molecular flexibility index (Phi) is 7.01. The lowest BCUT2D eigenvalue weighted by molar-refractivity contribution is 0.0686. The molecule has 0 spiro atoms. The number of aromatic carboxylic acids is 2. The summed E-state index contributed by atoms with van der Waals surface area (Å²) >= 11 is 0. The van der Waals surface area contributed by atoms with Crippen molar-refractivity contribution in [3.05, 3.63) is 58.7 Å². The number of fused-ring (bicyclic) bond motifs is 2. The lowest BCUT2D eigenvalue weighted by atomic mass is 10.00. The second-order valence-corrected chi connectivity index (χ2v) is 6.75. The van der Waals surface area contributed by atoms with Gasteiger partial charge in [-0.1, -0.05) is 27.7 Å². The minimum Gasteiger partial charge on any atom is -0.478 e. The number of rotatable bonds is 2. The second kappa shape index (κ2) is 8.59. The van der Waals surface area contributed by atoms with Crippen molar-refractivity contribution in [3.8, 4) is 0 Å².